The molecule has 1 aliphatic rings. The lowest BCUT2D eigenvalue weighted by molar-refractivity contribution is -0.127. The van der Waals surface area contributed by atoms with Crippen molar-refractivity contribution in [1.82, 2.24) is 5.32 Å². The molecule has 1 amide bonds. The third kappa shape index (κ3) is 2.46. The van der Waals surface area contributed by atoms with Gasteiger partial charge in [-0.05, 0) is 26.7 Å². The first-order chi connectivity index (χ1) is 5.78. The molecular formula is C10H18BrNO. The van der Waals surface area contributed by atoms with Crippen LogP contribution < -0.4 is 5.32 Å². The first-order valence-electron chi connectivity index (χ1n) is 4.75. The maximum absolute atomic E-state index is 11.7. The lowest BCUT2D eigenvalue weighted by Gasteiger charge is -2.30. The highest BCUT2D eigenvalue weighted by molar-refractivity contribution is 9.09. The van der Waals surface area contributed by atoms with E-state index in [4.69, 9.17) is 0 Å². The van der Waals surface area contributed by atoms with Gasteiger partial charge in [-0.25, -0.2) is 0 Å². The molecule has 0 radical (unpaired) electrons. The molecule has 0 heterocycles. The number of carbonyl (C=O) groups excluding carboxylic acids is 1. The molecule has 0 bridgehead atoms. The summed E-state index contributed by atoms with van der Waals surface area (Å²) in [6.07, 6.45) is 2.07. The molecule has 0 aromatic heterocycles. The van der Waals surface area contributed by atoms with E-state index in [1.165, 1.54) is 0 Å². The fraction of sp³-hybridized carbons (Fsp3) is 0.900. The largest absolute Gasteiger partial charge is 0.350 e. The second kappa shape index (κ2) is 3.26. The molecule has 1 fully saturated rings. The van der Waals surface area contributed by atoms with E-state index in [9.17, 15) is 4.79 Å². The minimum absolute atomic E-state index is 0.0703. The van der Waals surface area contributed by atoms with Crippen LogP contribution in [0.15, 0.2) is 0 Å². The monoisotopic (exact) mass is 247 g/mol. The van der Waals surface area contributed by atoms with Crippen molar-refractivity contribution in [2.24, 2.45) is 5.41 Å². The van der Waals surface area contributed by atoms with Crippen LogP contribution in [0.25, 0.3) is 0 Å². The highest BCUT2D eigenvalue weighted by Gasteiger charge is 2.46. The Morgan fingerprint density at radius 3 is 2.31 bits per heavy atom. The summed E-state index contributed by atoms with van der Waals surface area (Å²) >= 11 is 3.50. The Hall–Kier alpha value is -0.0500. The molecule has 1 aliphatic carbocycles. The Balaban J connectivity index is 2.53. The maximum atomic E-state index is 11.7. The Labute approximate surface area is 88.6 Å². The van der Waals surface area contributed by atoms with Crippen LogP contribution in [0.4, 0.5) is 0 Å². The van der Waals surface area contributed by atoms with Gasteiger partial charge >= 0.3 is 0 Å². The highest BCUT2D eigenvalue weighted by Crippen LogP contribution is 2.45. The first kappa shape index (κ1) is 11.0. The fourth-order valence-corrected chi connectivity index (χ4v) is 1.07. The van der Waals surface area contributed by atoms with Gasteiger partial charge in [0, 0.05) is 15.8 Å². The van der Waals surface area contributed by atoms with E-state index in [0.717, 1.165) is 12.8 Å². The summed E-state index contributed by atoms with van der Waals surface area (Å²) in [6, 6.07) is 0. The molecule has 13 heavy (non-hydrogen) atoms. The van der Waals surface area contributed by atoms with Crippen molar-refractivity contribution in [2.45, 2.75) is 50.9 Å². The van der Waals surface area contributed by atoms with Gasteiger partial charge in [-0.15, -0.1) is 0 Å². The topological polar surface area (TPSA) is 29.1 Å². The number of alkyl halides is 1. The molecule has 0 saturated heterocycles. The van der Waals surface area contributed by atoms with E-state index >= 15 is 0 Å². The first-order valence-corrected chi connectivity index (χ1v) is 5.66. The lowest BCUT2D eigenvalue weighted by Crippen LogP contribution is -2.50. The number of halogens is 1. The van der Waals surface area contributed by atoms with Crippen LogP contribution in [0.1, 0.15) is 40.5 Å². The minimum atomic E-state index is -0.164. The molecule has 1 unspecified atom stereocenters. The quantitative estimate of drug-likeness (QED) is 0.764. The molecule has 0 spiro atoms. The van der Waals surface area contributed by atoms with E-state index < -0.39 is 0 Å². The van der Waals surface area contributed by atoms with Crippen LogP contribution in [-0.2, 0) is 4.79 Å². The van der Waals surface area contributed by atoms with Gasteiger partial charge < -0.3 is 5.32 Å². The Morgan fingerprint density at radius 2 is 2.00 bits per heavy atom. The van der Waals surface area contributed by atoms with Crippen molar-refractivity contribution >= 4 is 21.8 Å². The number of hydrogen-bond donors (Lipinski definition) is 1. The van der Waals surface area contributed by atoms with E-state index in [1.54, 1.807) is 0 Å². The lowest BCUT2D eigenvalue weighted by atomic mass is 9.99. The van der Waals surface area contributed by atoms with Gasteiger partial charge in [0.05, 0.1) is 0 Å². The van der Waals surface area contributed by atoms with E-state index in [0.29, 0.717) is 0 Å². The van der Waals surface area contributed by atoms with Gasteiger partial charge in [0.1, 0.15) is 0 Å². The van der Waals surface area contributed by atoms with Gasteiger partial charge in [0.25, 0.3) is 0 Å². The number of nitrogens with one attached hydrogen (secondary N) is 1. The zero-order chi connectivity index (χ0) is 10.3. The summed E-state index contributed by atoms with van der Waals surface area (Å²) in [5, 5.41) is 3.07. The van der Waals surface area contributed by atoms with Crippen LogP contribution in [0, 0.1) is 5.41 Å². The predicted octanol–water partition coefficient (Wildman–Crippen LogP) is 2.46. The van der Waals surface area contributed by atoms with Gasteiger partial charge in [-0.2, -0.15) is 0 Å². The van der Waals surface area contributed by atoms with Gasteiger partial charge in [0.2, 0.25) is 5.91 Å². The molecule has 1 rings (SSSR count). The van der Waals surface area contributed by atoms with Crippen molar-refractivity contribution in [1.29, 1.82) is 0 Å². The van der Waals surface area contributed by atoms with Crippen LogP contribution in [0.3, 0.4) is 0 Å². The van der Waals surface area contributed by atoms with Crippen molar-refractivity contribution in [2.75, 3.05) is 0 Å². The smallest absolute Gasteiger partial charge is 0.226 e. The molecule has 0 aromatic carbocycles. The van der Waals surface area contributed by atoms with Crippen LogP contribution >= 0.6 is 15.9 Å². The normalized spacial score (nSPS) is 22.2. The van der Waals surface area contributed by atoms with Crippen LogP contribution in [-0.4, -0.2) is 16.3 Å². The third-order valence-electron chi connectivity index (χ3n) is 2.98. The molecule has 2 nitrogen and oxygen atoms in total. The summed E-state index contributed by atoms with van der Waals surface area (Å²) in [7, 11) is 0. The number of rotatable bonds is 3. The standard InChI is InChI=1S/C10H18BrNO/c1-7(11)9(2,3)12-8(13)10(4)5-6-10/h7H,5-6H2,1-4H3,(H,12,13). The van der Waals surface area contributed by atoms with Crippen LogP contribution in [0.5, 0.6) is 0 Å². The van der Waals surface area contributed by atoms with Crippen molar-refractivity contribution < 1.29 is 4.79 Å². The molecule has 0 aliphatic heterocycles. The molecule has 1 atom stereocenters. The average molecular weight is 248 g/mol. The molecule has 1 saturated carbocycles. The van der Waals surface area contributed by atoms with Gasteiger partial charge in [-0.1, -0.05) is 29.8 Å². The number of hydrogen-bond acceptors (Lipinski definition) is 1. The van der Waals surface area contributed by atoms with E-state index in [2.05, 4.69) is 28.2 Å². The Bertz CT molecular complexity index is 219. The summed E-state index contributed by atoms with van der Waals surface area (Å²) in [6.45, 7) is 8.15. The van der Waals surface area contributed by atoms with Crippen molar-refractivity contribution in [3.05, 3.63) is 0 Å². The molecule has 0 aromatic rings. The average Bonchev–Trinajstić information content (AvgIpc) is 2.68. The zero-order valence-corrected chi connectivity index (χ0v) is 10.4. The SMILES string of the molecule is CC(Br)C(C)(C)NC(=O)C1(C)CC1. The molecule has 3 heteroatoms. The van der Waals surface area contributed by atoms with Crippen molar-refractivity contribution in [3.63, 3.8) is 0 Å². The summed E-state index contributed by atoms with van der Waals surface area (Å²) in [5.74, 6) is 0.198. The van der Waals surface area contributed by atoms with Gasteiger partial charge in [0.15, 0.2) is 0 Å². The van der Waals surface area contributed by atoms with E-state index in [1.807, 2.05) is 20.8 Å². The number of amides is 1. The third-order valence-corrected chi connectivity index (χ3v) is 4.12. The fourth-order valence-electron chi connectivity index (χ4n) is 0.958. The second-order valence-electron chi connectivity index (χ2n) is 4.85. The molecule has 76 valence electrons. The summed E-state index contributed by atoms with van der Waals surface area (Å²) in [4.78, 5) is 12.0. The molecular weight excluding hydrogens is 230 g/mol. The van der Waals surface area contributed by atoms with Gasteiger partial charge in [-0.3, -0.25) is 4.79 Å². The summed E-state index contributed by atoms with van der Waals surface area (Å²) in [5.41, 5.74) is -0.234. The zero-order valence-electron chi connectivity index (χ0n) is 8.78. The maximum Gasteiger partial charge on any atom is 0.226 e. The van der Waals surface area contributed by atoms with E-state index in [-0.39, 0.29) is 21.7 Å². The second-order valence-corrected chi connectivity index (χ2v) is 6.23. The van der Waals surface area contributed by atoms with Crippen LogP contribution in [0.2, 0.25) is 0 Å². The highest BCUT2D eigenvalue weighted by atomic mass is 79.9. The predicted molar refractivity (Wildman–Crippen MR) is 58.0 cm³/mol. The Morgan fingerprint density at radius 1 is 1.54 bits per heavy atom. The Kier molecular flexibility index (Phi) is 2.77. The minimum Gasteiger partial charge on any atom is -0.350 e. The van der Waals surface area contributed by atoms with Crippen molar-refractivity contribution in [3.8, 4) is 0 Å². The number of carbonyl (C=O) groups is 1. The molecule has 1 N–H and O–H groups in total. The summed E-state index contributed by atoms with van der Waals surface area (Å²) < 4.78 is 0.